The molecule has 1 unspecified atom stereocenters. The van der Waals surface area contributed by atoms with E-state index in [2.05, 4.69) is 11.8 Å². The smallest absolute Gasteiger partial charge is 0.323 e. The van der Waals surface area contributed by atoms with Gasteiger partial charge in [-0.05, 0) is 50.1 Å². The van der Waals surface area contributed by atoms with Gasteiger partial charge in [0.2, 0.25) is 0 Å². The fourth-order valence-corrected chi connectivity index (χ4v) is 2.79. The van der Waals surface area contributed by atoms with Crippen LogP contribution in [0.15, 0.2) is 24.3 Å². The van der Waals surface area contributed by atoms with Gasteiger partial charge in [0.25, 0.3) is 0 Å². The van der Waals surface area contributed by atoms with Crippen molar-refractivity contribution in [3.63, 3.8) is 0 Å². The van der Waals surface area contributed by atoms with Crippen molar-refractivity contribution in [3.8, 4) is 11.5 Å². The minimum atomic E-state index is -0.137. The van der Waals surface area contributed by atoms with Crippen LogP contribution in [-0.2, 0) is 9.53 Å². The molecule has 0 amide bonds. The van der Waals surface area contributed by atoms with Crippen LogP contribution in [0.5, 0.6) is 11.5 Å². The maximum absolute atomic E-state index is 11.8. The number of benzene rings is 1. The SMILES string of the molecule is CCCOc1ccc(OCCN2CCCCC2C(=O)OC)cc1. The van der Waals surface area contributed by atoms with Gasteiger partial charge in [-0.2, -0.15) is 0 Å². The van der Waals surface area contributed by atoms with Crippen LogP contribution < -0.4 is 9.47 Å². The highest BCUT2D eigenvalue weighted by atomic mass is 16.5. The van der Waals surface area contributed by atoms with Crippen LogP contribution in [0.3, 0.4) is 0 Å². The van der Waals surface area contributed by atoms with E-state index in [9.17, 15) is 4.79 Å². The zero-order chi connectivity index (χ0) is 16.5. The summed E-state index contributed by atoms with van der Waals surface area (Å²) in [5.74, 6) is 1.54. The summed E-state index contributed by atoms with van der Waals surface area (Å²) in [5.41, 5.74) is 0. The minimum Gasteiger partial charge on any atom is -0.494 e. The molecule has 2 rings (SSSR count). The Bertz CT molecular complexity index is 474. The zero-order valence-electron chi connectivity index (χ0n) is 14.1. The molecule has 1 atom stereocenters. The predicted molar refractivity (Wildman–Crippen MR) is 89.0 cm³/mol. The second kappa shape index (κ2) is 9.40. The highest BCUT2D eigenvalue weighted by molar-refractivity contribution is 5.75. The van der Waals surface area contributed by atoms with Gasteiger partial charge in [-0.1, -0.05) is 13.3 Å². The fraction of sp³-hybridized carbons (Fsp3) is 0.611. The van der Waals surface area contributed by atoms with Crippen LogP contribution in [0, 0.1) is 0 Å². The first-order valence-corrected chi connectivity index (χ1v) is 8.42. The lowest BCUT2D eigenvalue weighted by molar-refractivity contribution is -0.148. The van der Waals surface area contributed by atoms with E-state index in [1.54, 1.807) is 0 Å². The van der Waals surface area contributed by atoms with Crippen molar-refractivity contribution in [2.24, 2.45) is 0 Å². The van der Waals surface area contributed by atoms with E-state index >= 15 is 0 Å². The summed E-state index contributed by atoms with van der Waals surface area (Å²) < 4.78 is 16.2. The number of carbonyl (C=O) groups is 1. The van der Waals surface area contributed by atoms with Crippen molar-refractivity contribution in [1.82, 2.24) is 4.90 Å². The van der Waals surface area contributed by atoms with Gasteiger partial charge in [-0.25, -0.2) is 0 Å². The van der Waals surface area contributed by atoms with Crippen LogP contribution in [-0.4, -0.2) is 50.3 Å². The topological polar surface area (TPSA) is 48.0 Å². The van der Waals surface area contributed by atoms with Crippen molar-refractivity contribution in [3.05, 3.63) is 24.3 Å². The molecule has 23 heavy (non-hydrogen) atoms. The van der Waals surface area contributed by atoms with Crippen LogP contribution in [0.25, 0.3) is 0 Å². The number of esters is 1. The average Bonchev–Trinajstić information content (AvgIpc) is 2.61. The number of nitrogens with zero attached hydrogens (tertiary/aromatic N) is 1. The molecule has 0 bridgehead atoms. The van der Waals surface area contributed by atoms with Crippen LogP contribution in [0.1, 0.15) is 32.6 Å². The molecule has 0 N–H and O–H groups in total. The number of piperidine rings is 1. The van der Waals surface area contributed by atoms with Crippen LogP contribution >= 0.6 is 0 Å². The first-order valence-electron chi connectivity index (χ1n) is 8.42. The molecule has 1 aliphatic rings. The van der Waals surface area contributed by atoms with Gasteiger partial charge in [0, 0.05) is 6.54 Å². The minimum absolute atomic E-state index is 0.123. The van der Waals surface area contributed by atoms with Gasteiger partial charge in [0.1, 0.15) is 24.1 Å². The van der Waals surface area contributed by atoms with Gasteiger partial charge in [0.15, 0.2) is 0 Å². The van der Waals surface area contributed by atoms with Gasteiger partial charge in [0.05, 0.1) is 13.7 Å². The number of hydrogen-bond acceptors (Lipinski definition) is 5. The number of carbonyl (C=O) groups excluding carboxylic acids is 1. The Kier molecular flexibility index (Phi) is 7.20. The van der Waals surface area contributed by atoms with Crippen LogP contribution in [0.4, 0.5) is 0 Å². The number of likely N-dealkylation sites (tertiary alicyclic amines) is 1. The lowest BCUT2D eigenvalue weighted by Gasteiger charge is -2.33. The molecule has 1 heterocycles. The third-order valence-corrected chi connectivity index (χ3v) is 4.03. The van der Waals surface area contributed by atoms with Crippen molar-refractivity contribution in [1.29, 1.82) is 0 Å². The molecule has 5 nitrogen and oxygen atoms in total. The van der Waals surface area contributed by atoms with Crippen molar-refractivity contribution < 1.29 is 19.0 Å². The Labute approximate surface area is 138 Å². The molecule has 5 heteroatoms. The highest BCUT2D eigenvalue weighted by Crippen LogP contribution is 2.20. The van der Waals surface area contributed by atoms with Gasteiger partial charge < -0.3 is 14.2 Å². The third-order valence-electron chi connectivity index (χ3n) is 4.03. The molecule has 0 saturated carbocycles. The second-order valence-electron chi connectivity index (χ2n) is 5.74. The summed E-state index contributed by atoms with van der Waals surface area (Å²) in [6.07, 6.45) is 4.07. The first kappa shape index (κ1) is 17.6. The largest absolute Gasteiger partial charge is 0.494 e. The molecular weight excluding hydrogens is 294 g/mol. The maximum Gasteiger partial charge on any atom is 0.323 e. The normalized spacial score (nSPS) is 18.4. The molecular formula is C18H27NO4. The Morgan fingerprint density at radius 1 is 1.13 bits per heavy atom. The molecule has 0 aromatic heterocycles. The van der Waals surface area contributed by atoms with E-state index in [1.165, 1.54) is 7.11 Å². The summed E-state index contributed by atoms with van der Waals surface area (Å²) in [5, 5.41) is 0. The first-order chi connectivity index (χ1) is 11.2. The molecule has 1 aliphatic heterocycles. The lowest BCUT2D eigenvalue weighted by atomic mass is 10.0. The van der Waals surface area contributed by atoms with Crippen molar-refractivity contribution in [2.75, 3.05) is 33.4 Å². The maximum atomic E-state index is 11.8. The van der Waals surface area contributed by atoms with E-state index in [0.717, 1.165) is 56.9 Å². The van der Waals surface area contributed by atoms with Gasteiger partial charge >= 0.3 is 5.97 Å². The standard InChI is InChI=1S/C18H27NO4/c1-3-13-22-15-7-9-16(10-8-15)23-14-12-19-11-5-4-6-17(19)18(20)21-2/h7-10,17H,3-6,11-14H2,1-2H3. The quantitative estimate of drug-likeness (QED) is 0.689. The van der Waals surface area contributed by atoms with Gasteiger partial charge in [-0.3, -0.25) is 9.69 Å². The summed E-state index contributed by atoms with van der Waals surface area (Å²) >= 11 is 0. The zero-order valence-corrected chi connectivity index (χ0v) is 14.1. The Balaban J connectivity index is 1.78. The van der Waals surface area contributed by atoms with E-state index in [0.29, 0.717) is 6.61 Å². The van der Waals surface area contributed by atoms with Gasteiger partial charge in [-0.15, -0.1) is 0 Å². The number of hydrogen-bond donors (Lipinski definition) is 0. The lowest BCUT2D eigenvalue weighted by Crippen LogP contribution is -2.46. The molecule has 0 radical (unpaired) electrons. The van der Waals surface area contributed by atoms with E-state index < -0.39 is 0 Å². The molecule has 1 aromatic carbocycles. The predicted octanol–water partition coefficient (Wildman–Crippen LogP) is 2.88. The number of ether oxygens (including phenoxy) is 3. The molecule has 1 fully saturated rings. The third kappa shape index (κ3) is 5.43. The Morgan fingerprint density at radius 3 is 2.39 bits per heavy atom. The average molecular weight is 321 g/mol. The summed E-state index contributed by atoms with van der Waals surface area (Å²) in [7, 11) is 1.45. The second-order valence-corrected chi connectivity index (χ2v) is 5.74. The van der Waals surface area contributed by atoms with Crippen LogP contribution in [0.2, 0.25) is 0 Å². The van der Waals surface area contributed by atoms with Crippen molar-refractivity contribution in [2.45, 2.75) is 38.6 Å². The monoisotopic (exact) mass is 321 g/mol. The van der Waals surface area contributed by atoms with Crippen molar-refractivity contribution >= 4 is 5.97 Å². The molecule has 128 valence electrons. The van der Waals surface area contributed by atoms with E-state index in [4.69, 9.17) is 14.2 Å². The molecule has 0 aliphatic carbocycles. The fourth-order valence-electron chi connectivity index (χ4n) is 2.79. The Morgan fingerprint density at radius 2 is 1.78 bits per heavy atom. The molecule has 0 spiro atoms. The Hall–Kier alpha value is -1.75. The molecule has 1 saturated heterocycles. The van der Waals surface area contributed by atoms with E-state index in [1.807, 2.05) is 24.3 Å². The summed E-state index contributed by atoms with van der Waals surface area (Å²) in [4.78, 5) is 14.0. The number of methoxy groups -OCH3 is 1. The molecule has 1 aromatic rings. The number of rotatable bonds is 8. The highest BCUT2D eigenvalue weighted by Gasteiger charge is 2.28. The van der Waals surface area contributed by atoms with E-state index in [-0.39, 0.29) is 12.0 Å². The summed E-state index contributed by atoms with van der Waals surface area (Å²) in [6.45, 7) is 5.02. The summed E-state index contributed by atoms with van der Waals surface area (Å²) in [6, 6.07) is 7.55.